The largest absolute Gasteiger partial charge is 1.00 e. The van der Waals surface area contributed by atoms with E-state index >= 15 is 0 Å². The molecular formula is C4H12AlLiO. The fourth-order valence-corrected chi connectivity index (χ4v) is 0.144. The van der Waals surface area contributed by atoms with Gasteiger partial charge < -0.3 is 5.11 Å². The molecule has 0 amide bonds. The van der Waals surface area contributed by atoms with Crippen LogP contribution in [0.1, 0.15) is 19.8 Å². The Labute approximate surface area is 67.8 Å². The van der Waals surface area contributed by atoms with E-state index in [4.69, 9.17) is 0 Å². The molecule has 0 spiro atoms. The molecule has 0 bridgehead atoms. The van der Waals surface area contributed by atoms with E-state index in [1.54, 1.807) is 0 Å². The van der Waals surface area contributed by atoms with Crippen molar-refractivity contribution in [1.82, 2.24) is 0 Å². The third-order valence-electron chi connectivity index (χ3n) is 0.498. The summed E-state index contributed by atoms with van der Waals surface area (Å²) in [4.78, 5) is 0. The van der Waals surface area contributed by atoms with Crippen LogP contribution in [0, 0.1) is 0 Å². The Morgan fingerprint density at radius 1 is 1.43 bits per heavy atom. The van der Waals surface area contributed by atoms with Crippen molar-refractivity contribution in [2.75, 3.05) is 6.61 Å². The number of hydrogen-bond acceptors (Lipinski definition) is 1. The van der Waals surface area contributed by atoms with Gasteiger partial charge in [0.15, 0.2) is 17.4 Å². The van der Waals surface area contributed by atoms with Gasteiger partial charge in [0.05, 0.1) is 0 Å². The quantitative estimate of drug-likeness (QED) is 0.332. The van der Waals surface area contributed by atoms with Crippen LogP contribution in [0.3, 0.4) is 0 Å². The fraction of sp³-hybridized carbons (Fsp3) is 1.00. The van der Waals surface area contributed by atoms with Gasteiger partial charge in [0.1, 0.15) is 0 Å². The molecule has 0 heterocycles. The number of unbranched alkanes of at least 4 members (excludes halogenated alkanes) is 1. The fourth-order valence-electron chi connectivity index (χ4n) is 0.144. The van der Waals surface area contributed by atoms with Crippen molar-refractivity contribution in [3.63, 3.8) is 0 Å². The van der Waals surface area contributed by atoms with Crippen molar-refractivity contribution in [3.8, 4) is 0 Å². The molecule has 0 atom stereocenters. The third kappa shape index (κ3) is 19.2. The topological polar surface area (TPSA) is 23.1 Å². The van der Waals surface area contributed by atoms with E-state index in [2.05, 4.69) is 0 Å². The van der Waals surface area contributed by atoms with Crippen LogP contribution in [0.4, 0.5) is 0 Å². The monoisotopic (exact) mass is 110 g/mol. The zero-order valence-corrected chi connectivity index (χ0v) is 4.53. The maximum Gasteiger partial charge on any atom is 1.00 e. The molecule has 3 heteroatoms. The van der Waals surface area contributed by atoms with E-state index in [-0.39, 0.29) is 42.8 Å². The van der Waals surface area contributed by atoms with Crippen molar-refractivity contribution in [2.45, 2.75) is 19.8 Å². The minimum absolute atomic E-state index is 0. The minimum atomic E-state index is 0. The molecule has 7 heavy (non-hydrogen) atoms. The molecule has 0 aromatic carbocycles. The Hall–Kier alpha value is 1.09. The van der Waals surface area contributed by atoms with E-state index in [1.807, 2.05) is 6.92 Å². The van der Waals surface area contributed by atoms with E-state index in [9.17, 15) is 5.11 Å². The molecule has 38 valence electrons. The van der Waals surface area contributed by atoms with Crippen LogP contribution < -0.4 is 24.0 Å². The molecule has 0 rings (SSSR count). The van der Waals surface area contributed by atoms with Crippen LogP contribution in [0.15, 0.2) is 0 Å². The first-order valence-electron chi connectivity index (χ1n) is 2.00. The molecule has 0 aliphatic carbocycles. The molecule has 0 N–H and O–H groups in total. The van der Waals surface area contributed by atoms with Crippen molar-refractivity contribution in [3.05, 3.63) is 0 Å². The van der Waals surface area contributed by atoms with Crippen LogP contribution in [-0.4, -0.2) is 24.0 Å². The number of rotatable bonds is 2. The van der Waals surface area contributed by atoms with Gasteiger partial charge in [0, 0.05) is 0 Å². The van der Waals surface area contributed by atoms with Crippen molar-refractivity contribution >= 4 is 17.4 Å². The molecule has 0 aromatic rings. The summed E-state index contributed by atoms with van der Waals surface area (Å²) in [7, 11) is 0. The van der Waals surface area contributed by atoms with Crippen LogP contribution >= 0.6 is 0 Å². The minimum Gasteiger partial charge on any atom is -0.854 e. The predicted octanol–water partition coefficient (Wildman–Crippen LogP) is -4.03. The molecule has 0 aromatic heterocycles. The molecule has 0 unspecified atom stereocenters. The average Bonchev–Trinajstić information content (AvgIpc) is 1.41. The summed E-state index contributed by atoms with van der Waals surface area (Å²) in [5, 5.41) is 9.53. The molecular weight excluding hydrogens is 98.0 g/mol. The third-order valence-corrected chi connectivity index (χ3v) is 0.498. The van der Waals surface area contributed by atoms with Crippen LogP contribution in [-0.2, 0) is 0 Å². The van der Waals surface area contributed by atoms with Gasteiger partial charge in [0.25, 0.3) is 0 Å². The first kappa shape index (κ1) is 15.7. The second-order valence-electron chi connectivity index (χ2n) is 1.06. The summed E-state index contributed by atoms with van der Waals surface area (Å²) in [5.41, 5.74) is 0. The van der Waals surface area contributed by atoms with Gasteiger partial charge in [-0.3, -0.25) is 0 Å². The standard InChI is InChI=1S/C4H9O.Al.Li.3H/c1-2-3-4-5;;;;;/h2-4H2,1H3;;;;;/q-1;;+1;;;. The van der Waals surface area contributed by atoms with Gasteiger partial charge in [0.2, 0.25) is 0 Å². The van der Waals surface area contributed by atoms with Crippen LogP contribution in [0.5, 0.6) is 0 Å². The predicted molar refractivity (Wildman–Crippen MR) is 29.7 cm³/mol. The van der Waals surface area contributed by atoms with Gasteiger partial charge in [-0.25, -0.2) is 0 Å². The van der Waals surface area contributed by atoms with Crippen LogP contribution in [0.25, 0.3) is 0 Å². The molecule has 0 saturated heterocycles. The van der Waals surface area contributed by atoms with E-state index in [1.165, 1.54) is 0 Å². The van der Waals surface area contributed by atoms with Gasteiger partial charge in [-0.1, -0.05) is 19.8 Å². The van der Waals surface area contributed by atoms with Gasteiger partial charge >= 0.3 is 18.9 Å². The smallest absolute Gasteiger partial charge is 0.854 e. The normalized spacial score (nSPS) is 6.00. The summed E-state index contributed by atoms with van der Waals surface area (Å²) < 4.78 is 0. The second kappa shape index (κ2) is 15.7. The Balaban J connectivity index is -0.0000000800. The Morgan fingerprint density at radius 2 is 1.86 bits per heavy atom. The molecule has 0 fully saturated rings. The Kier molecular flexibility index (Phi) is 35.2. The van der Waals surface area contributed by atoms with E-state index < -0.39 is 0 Å². The zero-order chi connectivity index (χ0) is 4.12. The zero-order valence-electron chi connectivity index (χ0n) is 4.53. The van der Waals surface area contributed by atoms with E-state index in [0.717, 1.165) is 12.8 Å². The van der Waals surface area contributed by atoms with E-state index in [0.29, 0.717) is 0 Å². The van der Waals surface area contributed by atoms with Crippen LogP contribution in [0.2, 0.25) is 0 Å². The maximum atomic E-state index is 9.53. The maximum absolute atomic E-state index is 9.53. The summed E-state index contributed by atoms with van der Waals surface area (Å²) in [6.07, 6.45) is 1.86. The SMILES string of the molecule is CCCC[O-].[AlH3].[Li+]. The molecule has 0 saturated carbocycles. The molecule has 0 aliphatic rings. The molecule has 0 radical (unpaired) electrons. The van der Waals surface area contributed by atoms with Crippen molar-refractivity contribution in [1.29, 1.82) is 0 Å². The second-order valence-corrected chi connectivity index (χ2v) is 1.06. The van der Waals surface area contributed by atoms with Gasteiger partial charge in [-0.05, 0) is 0 Å². The first-order chi connectivity index (χ1) is 2.41. The molecule has 0 aliphatic heterocycles. The average molecular weight is 110 g/mol. The number of hydrogen-bond donors (Lipinski definition) is 0. The Bertz CT molecular complexity index is 19.2. The van der Waals surface area contributed by atoms with Gasteiger partial charge in [-0.15, -0.1) is 6.61 Å². The van der Waals surface area contributed by atoms with Crippen molar-refractivity contribution < 1.29 is 24.0 Å². The summed E-state index contributed by atoms with van der Waals surface area (Å²) >= 11 is 0. The Morgan fingerprint density at radius 3 is 1.86 bits per heavy atom. The first-order valence-corrected chi connectivity index (χ1v) is 2.00. The molecule has 1 nitrogen and oxygen atoms in total. The summed E-state index contributed by atoms with van der Waals surface area (Å²) in [6.45, 7) is 2.11. The summed E-state index contributed by atoms with van der Waals surface area (Å²) in [6, 6.07) is 0. The van der Waals surface area contributed by atoms with Gasteiger partial charge in [-0.2, -0.15) is 0 Å². The summed E-state index contributed by atoms with van der Waals surface area (Å²) in [5.74, 6) is 0. The van der Waals surface area contributed by atoms with Crippen molar-refractivity contribution in [2.24, 2.45) is 0 Å².